The zero-order valence-corrected chi connectivity index (χ0v) is 14.4. The first-order chi connectivity index (χ1) is 10.4. The molecule has 5 nitrogen and oxygen atoms in total. The van der Waals surface area contributed by atoms with Crippen LogP contribution >= 0.6 is 34.3 Å². The van der Waals surface area contributed by atoms with Gasteiger partial charge in [-0.15, -0.1) is 22.7 Å². The molecule has 1 amide bonds. The standard InChI is InChI=1S/C14H15ClN2O3S2/c1-7(2)12(14(19)20)17-11(18)5-8-6-21-13(16-8)9-3-4-10(15)22-9/h3-4,6-7,12H,5H2,1-2H3,(H,17,18)(H,19,20)/t12-/m1/s1. The van der Waals surface area contributed by atoms with Crippen LogP contribution in [-0.4, -0.2) is 28.0 Å². The van der Waals surface area contributed by atoms with E-state index in [1.807, 2.05) is 6.07 Å². The van der Waals surface area contributed by atoms with E-state index in [2.05, 4.69) is 10.3 Å². The maximum absolute atomic E-state index is 12.0. The molecule has 0 aliphatic carbocycles. The Kier molecular flexibility index (Phi) is 5.55. The maximum atomic E-state index is 12.0. The summed E-state index contributed by atoms with van der Waals surface area (Å²) >= 11 is 8.75. The molecule has 2 rings (SSSR count). The lowest BCUT2D eigenvalue weighted by atomic mass is 10.0. The van der Waals surface area contributed by atoms with E-state index in [0.29, 0.717) is 10.0 Å². The zero-order valence-electron chi connectivity index (χ0n) is 12.0. The van der Waals surface area contributed by atoms with Crippen LogP contribution in [0.15, 0.2) is 17.5 Å². The zero-order chi connectivity index (χ0) is 16.3. The highest BCUT2D eigenvalue weighted by atomic mass is 35.5. The molecule has 118 valence electrons. The molecule has 0 radical (unpaired) electrons. The summed E-state index contributed by atoms with van der Waals surface area (Å²) in [5, 5.41) is 14.2. The molecule has 0 bridgehead atoms. The van der Waals surface area contributed by atoms with Crippen molar-refractivity contribution in [3.63, 3.8) is 0 Å². The minimum absolute atomic E-state index is 0.0616. The van der Waals surface area contributed by atoms with Gasteiger partial charge in [0, 0.05) is 5.38 Å². The van der Waals surface area contributed by atoms with Crippen LogP contribution in [0.3, 0.4) is 0 Å². The minimum atomic E-state index is -1.03. The van der Waals surface area contributed by atoms with Crippen LogP contribution < -0.4 is 5.32 Å². The number of carbonyl (C=O) groups excluding carboxylic acids is 1. The fourth-order valence-electron chi connectivity index (χ4n) is 1.83. The number of carboxylic acids is 1. The third-order valence-electron chi connectivity index (χ3n) is 2.93. The van der Waals surface area contributed by atoms with Crippen molar-refractivity contribution < 1.29 is 14.7 Å². The molecule has 2 aromatic rings. The molecule has 0 aliphatic rings. The third kappa shape index (κ3) is 4.28. The van der Waals surface area contributed by atoms with Crippen LogP contribution in [-0.2, 0) is 16.0 Å². The highest BCUT2D eigenvalue weighted by Gasteiger charge is 2.23. The number of halogens is 1. The lowest BCUT2D eigenvalue weighted by Crippen LogP contribution is -2.44. The van der Waals surface area contributed by atoms with Crippen molar-refractivity contribution in [3.8, 4) is 9.88 Å². The van der Waals surface area contributed by atoms with Crippen LogP contribution in [0.5, 0.6) is 0 Å². The molecule has 1 atom stereocenters. The van der Waals surface area contributed by atoms with Gasteiger partial charge in [-0.2, -0.15) is 0 Å². The Morgan fingerprint density at radius 1 is 1.41 bits per heavy atom. The molecule has 0 aliphatic heterocycles. The maximum Gasteiger partial charge on any atom is 0.326 e. The number of aromatic nitrogens is 1. The molecule has 0 fully saturated rings. The second-order valence-corrected chi connectivity index (χ2v) is 7.63. The van der Waals surface area contributed by atoms with Crippen molar-refractivity contribution in [2.75, 3.05) is 0 Å². The van der Waals surface area contributed by atoms with E-state index >= 15 is 0 Å². The fourth-order valence-corrected chi connectivity index (χ4v) is 3.77. The number of nitrogens with zero attached hydrogens (tertiary/aromatic N) is 1. The molecule has 0 saturated carbocycles. The molecular formula is C14H15ClN2O3S2. The summed E-state index contributed by atoms with van der Waals surface area (Å²) in [6.45, 7) is 3.50. The van der Waals surface area contributed by atoms with Crippen molar-refractivity contribution in [2.24, 2.45) is 5.92 Å². The summed E-state index contributed by atoms with van der Waals surface area (Å²) in [6.07, 6.45) is 0.0616. The second-order valence-electron chi connectivity index (χ2n) is 5.05. The molecule has 0 aromatic carbocycles. The topological polar surface area (TPSA) is 79.3 Å². The van der Waals surface area contributed by atoms with Gasteiger partial charge in [-0.3, -0.25) is 4.79 Å². The summed E-state index contributed by atoms with van der Waals surface area (Å²) in [5.41, 5.74) is 0.620. The number of carboxylic acid groups (broad SMARTS) is 1. The van der Waals surface area contributed by atoms with Crippen molar-refractivity contribution in [1.82, 2.24) is 10.3 Å². The Morgan fingerprint density at radius 3 is 2.68 bits per heavy atom. The van der Waals surface area contributed by atoms with Crippen LogP contribution in [0.4, 0.5) is 0 Å². The molecule has 22 heavy (non-hydrogen) atoms. The van der Waals surface area contributed by atoms with Gasteiger partial charge in [-0.25, -0.2) is 9.78 Å². The van der Waals surface area contributed by atoms with Gasteiger partial charge in [0.15, 0.2) is 0 Å². The highest BCUT2D eigenvalue weighted by molar-refractivity contribution is 7.23. The van der Waals surface area contributed by atoms with Gasteiger partial charge < -0.3 is 10.4 Å². The average Bonchev–Trinajstić information content (AvgIpc) is 3.04. The number of aliphatic carboxylic acids is 1. The Balaban J connectivity index is 2.00. The number of carbonyl (C=O) groups is 2. The SMILES string of the molecule is CC(C)[C@@H](NC(=O)Cc1csc(-c2ccc(Cl)s2)n1)C(=O)O. The van der Waals surface area contributed by atoms with Gasteiger partial charge in [0.25, 0.3) is 0 Å². The van der Waals surface area contributed by atoms with Crippen molar-refractivity contribution in [2.45, 2.75) is 26.3 Å². The summed E-state index contributed by atoms with van der Waals surface area (Å²) in [4.78, 5) is 28.4. The number of rotatable bonds is 6. The first-order valence-electron chi connectivity index (χ1n) is 6.59. The molecule has 2 aromatic heterocycles. The number of thiophene rings is 1. The predicted molar refractivity (Wildman–Crippen MR) is 88.5 cm³/mol. The third-order valence-corrected chi connectivity index (χ3v) is 5.22. The van der Waals surface area contributed by atoms with E-state index in [1.54, 1.807) is 25.3 Å². The lowest BCUT2D eigenvalue weighted by molar-refractivity contribution is -0.143. The molecular weight excluding hydrogens is 344 g/mol. The number of hydrogen-bond acceptors (Lipinski definition) is 5. The van der Waals surface area contributed by atoms with Crippen molar-refractivity contribution >= 4 is 46.2 Å². The van der Waals surface area contributed by atoms with Gasteiger partial charge in [-0.1, -0.05) is 25.4 Å². The summed E-state index contributed by atoms with van der Waals surface area (Å²) < 4.78 is 0.686. The van der Waals surface area contributed by atoms with E-state index in [0.717, 1.165) is 9.88 Å². The van der Waals surface area contributed by atoms with E-state index in [4.69, 9.17) is 16.7 Å². The second kappa shape index (κ2) is 7.21. The van der Waals surface area contributed by atoms with E-state index in [9.17, 15) is 9.59 Å². The summed E-state index contributed by atoms with van der Waals surface area (Å²) in [6, 6.07) is 2.80. The molecule has 8 heteroatoms. The largest absolute Gasteiger partial charge is 0.480 e. The fraction of sp³-hybridized carbons (Fsp3) is 0.357. The molecule has 2 N–H and O–H groups in total. The Morgan fingerprint density at radius 2 is 2.14 bits per heavy atom. The Labute approximate surface area is 141 Å². The van der Waals surface area contributed by atoms with Gasteiger partial charge >= 0.3 is 5.97 Å². The molecule has 2 heterocycles. The number of amides is 1. The first-order valence-corrected chi connectivity index (χ1v) is 8.66. The number of nitrogens with one attached hydrogen (secondary N) is 1. The summed E-state index contributed by atoms with van der Waals surface area (Å²) in [7, 11) is 0. The van der Waals surface area contributed by atoms with Gasteiger partial charge in [0.1, 0.15) is 11.0 Å². The highest BCUT2D eigenvalue weighted by Crippen LogP contribution is 2.32. The molecule has 0 spiro atoms. The smallest absolute Gasteiger partial charge is 0.326 e. The quantitative estimate of drug-likeness (QED) is 0.830. The molecule has 0 unspecified atom stereocenters. The monoisotopic (exact) mass is 358 g/mol. The van der Waals surface area contributed by atoms with E-state index in [-0.39, 0.29) is 18.2 Å². The predicted octanol–water partition coefficient (Wildman–Crippen LogP) is 3.29. The Hall–Kier alpha value is -1.44. The van der Waals surface area contributed by atoms with Crippen LogP contribution in [0, 0.1) is 5.92 Å². The van der Waals surface area contributed by atoms with Crippen LogP contribution in [0.2, 0.25) is 4.34 Å². The van der Waals surface area contributed by atoms with E-state index < -0.39 is 12.0 Å². The minimum Gasteiger partial charge on any atom is -0.480 e. The number of hydrogen-bond donors (Lipinski definition) is 2. The number of thiazole rings is 1. The van der Waals surface area contributed by atoms with Gasteiger partial charge in [-0.05, 0) is 18.1 Å². The Bertz CT molecular complexity index is 681. The van der Waals surface area contributed by atoms with Crippen LogP contribution in [0.1, 0.15) is 19.5 Å². The van der Waals surface area contributed by atoms with Gasteiger partial charge in [0.05, 0.1) is 21.3 Å². The van der Waals surface area contributed by atoms with Crippen LogP contribution in [0.25, 0.3) is 9.88 Å². The van der Waals surface area contributed by atoms with E-state index in [1.165, 1.54) is 22.7 Å². The summed E-state index contributed by atoms with van der Waals surface area (Å²) in [5.74, 6) is -1.56. The van der Waals surface area contributed by atoms with Crippen molar-refractivity contribution in [1.29, 1.82) is 0 Å². The lowest BCUT2D eigenvalue weighted by Gasteiger charge is -2.17. The normalized spacial score (nSPS) is 12.4. The van der Waals surface area contributed by atoms with Crippen molar-refractivity contribution in [3.05, 3.63) is 27.5 Å². The molecule has 0 saturated heterocycles. The average molecular weight is 359 g/mol. The first kappa shape index (κ1) is 16.9. The van der Waals surface area contributed by atoms with Gasteiger partial charge in [0.2, 0.25) is 5.91 Å².